The van der Waals surface area contributed by atoms with Crippen molar-refractivity contribution in [3.8, 4) is 5.88 Å². The lowest BCUT2D eigenvalue weighted by Crippen LogP contribution is -2.45. The van der Waals surface area contributed by atoms with Gasteiger partial charge in [-0.15, -0.1) is 5.10 Å². The van der Waals surface area contributed by atoms with Crippen molar-refractivity contribution in [3.63, 3.8) is 0 Å². The lowest BCUT2D eigenvalue weighted by molar-refractivity contribution is -0.0615. The number of aryl methyl sites for hydroxylation is 2. The van der Waals surface area contributed by atoms with E-state index in [0.717, 1.165) is 49.1 Å². The SMILES string of the molecule is CCCCc1noc(C)c1COc1cc(C(=O)NC2CCOC(C)(C)C2)[nH]n1. The molecule has 1 atom stereocenters. The van der Waals surface area contributed by atoms with Crippen molar-refractivity contribution in [2.75, 3.05) is 6.61 Å². The number of aromatic amines is 1. The van der Waals surface area contributed by atoms with E-state index < -0.39 is 0 Å². The third-order valence-corrected chi connectivity index (χ3v) is 5.03. The van der Waals surface area contributed by atoms with Crippen molar-refractivity contribution in [3.05, 3.63) is 28.8 Å². The molecule has 1 unspecified atom stereocenters. The van der Waals surface area contributed by atoms with E-state index in [1.165, 1.54) is 0 Å². The second-order valence-corrected chi connectivity index (χ2v) is 7.95. The number of carbonyl (C=O) groups is 1. The monoisotopic (exact) mass is 390 g/mol. The Bertz CT molecular complexity index is 796. The van der Waals surface area contributed by atoms with Gasteiger partial charge < -0.3 is 19.3 Å². The van der Waals surface area contributed by atoms with Crippen molar-refractivity contribution in [1.82, 2.24) is 20.7 Å². The fourth-order valence-corrected chi connectivity index (χ4v) is 3.42. The normalized spacial score (nSPS) is 18.8. The molecule has 0 radical (unpaired) electrons. The van der Waals surface area contributed by atoms with Gasteiger partial charge in [-0.25, -0.2) is 0 Å². The predicted molar refractivity (Wildman–Crippen MR) is 103 cm³/mol. The van der Waals surface area contributed by atoms with Crippen LogP contribution in [0.5, 0.6) is 5.88 Å². The molecule has 8 nitrogen and oxygen atoms in total. The van der Waals surface area contributed by atoms with Gasteiger partial charge >= 0.3 is 0 Å². The maximum atomic E-state index is 12.5. The zero-order chi connectivity index (χ0) is 20.1. The van der Waals surface area contributed by atoms with E-state index in [1.54, 1.807) is 6.07 Å². The number of carbonyl (C=O) groups excluding carboxylic acids is 1. The number of amides is 1. The van der Waals surface area contributed by atoms with E-state index >= 15 is 0 Å². The van der Waals surface area contributed by atoms with Crippen LogP contribution >= 0.6 is 0 Å². The van der Waals surface area contributed by atoms with Crippen molar-refractivity contribution in [2.45, 2.75) is 78.0 Å². The minimum absolute atomic E-state index is 0.0877. The zero-order valence-electron chi connectivity index (χ0n) is 17.1. The molecule has 1 aliphatic rings. The number of hydrogen-bond acceptors (Lipinski definition) is 6. The second kappa shape index (κ2) is 8.77. The highest BCUT2D eigenvalue weighted by atomic mass is 16.5. The van der Waals surface area contributed by atoms with E-state index in [-0.39, 0.29) is 17.6 Å². The van der Waals surface area contributed by atoms with Crippen LogP contribution in [0.1, 0.15) is 74.0 Å². The summed E-state index contributed by atoms with van der Waals surface area (Å²) in [4.78, 5) is 12.5. The number of ether oxygens (including phenoxy) is 2. The van der Waals surface area contributed by atoms with Gasteiger partial charge in [0, 0.05) is 18.7 Å². The molecule has 0 aromatic carbocycles. The maximum absolute atomic E-state index is 12.5. The van der Waals surface area contributed by atoms with Gasteiger partial charge in [-0.1, -0.05) is 18.5 Å². The summed E-state index contributed by atoms with van der Waals surface area (Å²) in [5.74, 6) is 0.941. The number of hydrogen-bond donors (Lipinski definition) is 2. The maximum Gasteiger partial charge on any atom is 0.269 e. The summed E-state index contributed by atoms with van der Waals surface area (Å²) in [6.07, 6.45) is 4.59. The molecule has 1 aliphatic heterocycles. The van der Waals surface area contributed by atoms with Crippen molar-refractivity contribution in [2.24, 2.45) is 0 Å². The standard InChI is InChI=1S/C20H30N4O4/c1-5-6-7-16-15(13(2)28-24-16)12-26-18-10-17(22-23-18)19(25)21-14-8-9-27-20(3,4)11-14/h10,14H,5-9,11-12H2,1-4H3,(H,21,25)(H,22,23). The Balaban J connectivity index is 1.56. The van der Waals surface area contributed by atoms with Crippen LogP contribution in [0.15, 0.2) is 10.6 Å². The molecule has 2 aromatic heterocycles. The molecular formula is C20H30N4O4. The lowest BCUT2D eigenvalue weighted by Gasteiger charge is -2.35. The molecule has 8 heteroatoms. The van der Waals surface area contributed by atoms with E-state index in [4.69, 9.17) is 14.0 Å². The van der Waals surface area contributed by atoms with Crippen molar-refractivity contribution >= 4 is 5.91 Å². The summed E-state index contributed by atoms with van der Waals surface area (Å²) in [6.45, 7) is 9.05. The lowest BCUT2D eigenvalue weighted by atomic mass is 9.94. The summed E-state index contributed by atoms with van der Waals surface area (Å²) in [5, 5.41) is 14.0. The molecule has 2 aromatic rings. The molecular weight excluding hydrogens is 360 g/mol. The molecule has 0 saturated carbocycles. The van der Waals surface area contributed by atoms with Gasteiger partial charge in [-0.2, -0.15) is 0 Å². The highest BCUT2D eigenvalue weighted by Gasteiger charge is 2.30. The molecule has 0 bridgehead atoms. The van der Waals surface area contributed by atoms with Gasteiger partial charge in [0.15, 0.2) is 0 Å². The Morgan fingerprint density at radius 1 is 1.46 bits per heavy atom. The summed E-state index contributed by atoms with van der Waals surface area (Å²) in [7, 11) is 0. The Hall–Kier alpha value is -2.35. The van der Waals surface area contributed by atoms with Crippen LogP contribution in [-0.4, -0.2) is 39.5 Å². The average molecular weight is 390 g/mol. The minimum atomic E-state index is -0.218. The summed E-state index contributed by atoms with van der Waals surface area (Å²) < 4.78 is 16.8. The first kappa shape index (κ1) is 20.4. The molecule has 3 rings (SSSR count). The Morgan fingerprint density at radius 3 is 3.04 bits per heavy atom. The fraction of sp³-hybridized carbons (Fsp3) is 0.650. The molecule has 2 N–H and O–H groups in total. The number of H-pyrrole nitrogens is 1. The molecule has 0 spiro atoms. The highest BCUT2D eigenvalue weighted by molar-refractivity contribution is 5.92. The van der Waals surface area contributed by atoms with Crippen LogP contribution in [0, 0.1) is 6.92 Å². The molecule has 0 aliphatic carbocycles. The molecule has 1 fully saturated rings. The number of rotatable bonds is 8. The van der Waals surface area contributed by atoms with Gasteiger partial charge in [0.05, 0.1) is 16.9 Å². The van der Waals surface area contributed by atoms with Crippen LogP contribution in [0.3, 0.4) is 0 Å². The third-order valence-electron chi connectivity index (χ3n) is 5.03. The van der Waals surface area contributed by atoms with E-state index in [2.05, 4.69) is 27.6 Å². The topological polar surface area (TPSA) is 102 Å². The summed E-state index contributed by atoms with van der Waals surface area (Å²) in [6, 6.07) is 1.71. The number of nitrogens with zero attached hydrogens (tertiary/aromatic N) is 2. The Morgan fingerprint density at radius 2 is 2.29 bits per heavy atom. The first-order valence-corrected chi connectivity index (χ1v) is 9.95. The molecule has 154 valence electrons. The van der Waals surface area contributed by atoms with Gasteiger partial charge in [0.1, 0.15) is 18.1 Å². The van der Waals surface area contributed by atoms with Gasteiger partial charge in [-0.05, 0) is 46.5 Å². The largest absolute Gasteiger partial charge is 0.472 e. The minimum Gasteiger partial charge on any atom is -0.472 e. The summed E-state index contributed by atoms with van der Waals surface area (Å²) >= 11 is 0. The zero-order valence-corrected chi connectivity index (χ0v) is 17.1. The van der Waals surface area contributed by atoms with E-state index in [1.807, 2.05) is 20.8 Å². The molecule has 1 saturated heterocycles. The molecule has 3 heterocycles. The third kappa shape index (κ3) is 5.13. The highest BCUT2D eigenvalue weighted by Crippen LogP contribution is 2.24. The van der Waals surface area contributed by atoms with E-state index in [0.29, 0.717) is 24.8 Å². The molecule has 1 amide bonds. The molecule has 28 heavy (non-hydrogen) atoms. The van der Waals surface area contributed by atoms with Crippen LogP contribution in [0.25, 0.3) is 0 Å². The van der Waals surface area contributed by atoms with Crippen LogP contribution in [-0.2, 0) is 17.8 Å². The second-order valence-electron chi connectivity index (χ2n) is 7.95. The smallest absolute Gasteiger partial charge is 0.269 e. The van der Waals surface area contributed by atoms with Gasteiger partial charge in [0.25, 0.3) is 5.91 Å². The number of nitrogens with one attached hydrogen (secondary N) is 2. The fourth-order valence-electron chi connectivity index (χ4n) is 3.42. The predicted octanol–water partition coefficient (Wildman–Crippen LogP) is 3.32. The van der Waals surface area contributed by atoms with Crippen LogP contribution < -0.4 is 10.1 Å². The summed E-state index contributed by atoms with van der Waals surface area (Å²) in [5.41, 5.74) is 2.04. The van der Waals surface area contributed by atoms with Gasteiger partial charge in [-0.3, -0.25) is 9.89 Å². The van der Waals surface area contributed by atoms with Crippen molar-refractivity contribution in [1.29, 1.82) is 0 Å². The number of unbranched alkanes of at least 4 members (excludes halogenated alkanes) is 1. The number of aromatic nitrogens is 3. The van der Waals surface area contributed by atoms with Gasteiger partial charge in [0.2, 0.25) is 5.88 Å². The van der Waals surface area contributed by atoms with Crippen LogP contribution in [0.4, 0.5) is 0 Å². The first-order valence-electron chi connectivity index (χ1n) is 9.95. The first-order chi connectivity index (χ1) is 13.4. The average Bonchev–Trinajstić information content (AvgIpc) is 3.24. The van der Waals surface area contributed by atoms with E-state index in [9.17, 15) is 4.79 Å². The van der Waals surface area contributed by atoms with Crippen molar-refractivity contribution < 1.29 is 18.8 Å². The Kier molecular flexibility index (Phi) is 6.39. The van der Waals surface area contributed by atoms with Crippen LogP contribution in [0.2, 0.25) is 0 Å². The Labute approximate surface area is 165 Å². The quantitative estimate of drug-likeness (QED) is 0.717.